The van der Waals surface area contributed by atoms with Crippen molar-refractivity contribution in [2.24, 2.45) is 5.10 Å². The Bertz CT molecular complexity index is 858. The number of hydrogen-bond acceptors (Lipinski definition) is 5. The minimum atomic E-state index is 0.199. The topological polar surface area (TPSA) is 61.1 Å². The van der Waals surface area contributed by atoms with Crippen molar-refractivity contribution in [1.29, 1.82) is 5.26 Å². The molecule has 1 N–H and O–H groups in total. The number of rotatable bonds is 3. The zero-order chi connectivity index (χ0) is 14.7. The summed E-state index contributed by atoms with van der Waals surface area (Å²) in [5, 5.41) is 16.2. The molecule has 4 nitrogen and oxygen atoms in total. The summed E-state index contributed by atoms with van der Waals surface area (Å²) in [5.74, 6) is 0. The number of halogens is 1. The molecule has 0 spiro atoms. The molecule has 6 heteroatoms. The summed E-state index contributed by atoms with van der Waals surface area (Å²) in [5.41, 5.74) is 4.13. The zero-order valence-electron chi connectivity index (χ0n) is 10.7. The summed E-state index contributed by atoms with van der Waals surface area (Å²) in [6, 6.07) is 16.1. The molecule has 3 aromatic rings. The number of benzene rings is 2. The van der Waals surface area contributed by atoms with Crippen LogP contribution in [0.3, 0.4) is 0 Å². The van der Waals surface area contributed by atoms with Crippen molar-refractivity contribution in [2.45, 2.75) is 0 Å². The molecule has 0 saturated heterocycles. The Morgan fingerprint density at radius 1 is 1.24 bits per heavy atom. The Hall–Kier alpha value is -2.42. The summed E-state index contributed by atoms with van der Waals surface area (Å²) in [6.07, 6.45) is 1.72. The van der Waals surface area contributed by atoms with Crippen LogP contribution in [0.4, 0.5) is 5.00 Å². The molecule has 0 unspecified atom stereocenters. The van der Waals surface area contributed by atoms with E-state index in [1.165, 1.54) is 0 Å². The normalized spacial score (nSPS) is 10.9. The average molecular weight is 313 g/mol. The fourth-order valence-corrected chi connectivity index (χ4v) is 2.85. The highest BCUT2D eigenvalue weighted by molar-refractivity contribution is 7.10. The molecular weight excluding hydrogens is 304 g/mol. The van der Waals surface area contributed by atoms with Gasteiger partial charge in [0.1, 0.15) is 16.6 Å². The highest BCUT2D eigenvalue weighted by Gasteiger charge is 2.10. The maximum atomic E-state index is 8.99. The number of nitrogens with one attached hydrogen (secondary N) is 1. The first-order valence-corrected chi connectivity index (χ1v) is 7.27. The smallest absolute Gasteiger partial charge is 0.162 e. The standard InChI is InChI=1S/C15H9ClN4S/c16-14-13(8-17)15(21-20-14)19-18-9-11-6-3-5-10-4-1-2-7-12(10)11/h1-7,9,19H/b18-9-. The van der Waals surface area contributed by atoms with Crippen LogP contribution in [-0.2, 0) is 0 Å². The second-order valence-corrected chi connectivity index (χ2v) is 5.36. The van der Waals surface area contributed by atoms with E-state index in [2.05, 4.69) is 27.0 Å². The minimum Gasteiger partial charge on any atom is -0.266 e. The second kappa shape index (κ2) is 5.92. The van der Waals surface area contributed by atoms with Gasteiger partial charge in [-0.25, -0.2) is 0 Å². The van der Waals surface area contributed by atoms with E-state index in [1.54, 1.807) is 6.21 Å². The third-order valence-electron chi connectivity index (χ3n) is 2.96. The first kappa shape index (κ1) is 13.6. The van der Waals surface area contributed by atoms with Crippen molar-refractivity contribution in [3.8, 4) is 6.07 Å². The van der Waals surface area contributed by atoms with Crippen LogP contribution in [0.15, 0.2) is 47.6 Å². The maximum absolute atomic E-state index is 8.99. The molecule has 1 aromatic heterocycles. The van der Waals surface area contributed by atoms with Gasteiger partial charge in [0.2, 0.25) is 0 Å². The summed E-state index contributed by atoms with van der Waals surface area (Å²) in [6.45, 7) is 0. The lowest BCUT2D eigenvalue weighted by molar-refractivity contribution is 1.37. The summed E-state index contributed by atoms with van der Waals surface area (Å²) in [7, 11) is 0. The number of fused-ring (bicyclic) bond motifs is 1. The van der Waals surface area contributed by atoms with Crippen molar-refractivity contribution in [2.75, 3.05) is 5.43 Å². The van der Waals surface area contributed by atoms with E-state index in [4.69, 9.17) is 16.9 Å². The number of nitrogens with zero attached hydrogens (tertiary/aromatic N) is 3. The fraction of sp³-hybridized carbons (Fsp3) is 0. The third-order valence-corrected chi connectivity index (χ3v) is 4.08. The van der Waals surface area contributed by atoms with Crippen LogP contribution in [0.1, 0.15) is 11.1 Å². The number of hydrogen-bond donors (Lipinski definition) is 1. The molecule has 0 aliphatic carbocycles. The van der Waals surface area contributed by atoms with Crippen molar-refractivity contribution in [1.82, 2.24) is 4.37 Å². The Morgan fingerprint density at radius 3 is 2.90 bits per heavy atom. The van der Waals surface area contributed by atoms with Crippen LogP contribution in [-0.4, -0.2) is 10.6 Å². The monoisotopic (exact) mass is 312 g/mol. The Labute approximate surface area is 130 Å². The van der Waals surface area contributed by atoms with Gasteiger partial charge in [0.25, 0.3) is 0 Å². The van der Waals surface area contributed by atoms with E-state index >= 15 is 0 Å². The maximum Gasteiger partial charge on any atom is 0.162 e. The van der Waals surface area contributed by atoms with Crippen molar-refractivity contribution in [3.05, 3.63) is 58.7 Å². The molecule has 0 radical (unpaired) electrons. The molecule has 0 atom stereocenters. The quantitative estimate of drug-likeness (QED) is 0.580. The van der Waals surface area contributed by atoms with Gasteiger partial charge in [0, 0.05) is 5.56 Å². The van der Waals surface area contributed by atoms with E-state index in [-0.39, 0.29) is 5.15 Å². The van der Waals surface area contributed by atoms with E-state index < -0.39 is 0 Å². The number of anilines is 1. The van der Waals surface area contributed by atoms with Crippen LogP contribution in [0.2, 0.25) is 5.15 Å². The molecule has 2 aromatic carbocycles. The Morgan fingerprint density at radius 2 is 2.05 bits per heavy atom. The van der Waals surface area contributed by atoms with Crippen LogP contribution in [0.25, 0.3) is 10.8 Å². The average Bonchev–Trinajstić information content (AvgIpc) is 2.87. The lowest BCUT2D eigenvalue weighted by Crippen LogP contribution is -1.91. The van der Waals surface area contributed by atoms with Crippen molar-refractivity contribution < 1.29 is 0 Å². The molecule has 102 valence electrons. The molecule has 0 fully saturated rings. The zero-order valence-corrected chi connectivity index (χ0v) is 12.3. The first-order valence-electron chi connectivity index (χ1n) is 6.11. The van der Waals surface area contributed by atoms with Crippen LogP contribution in [0.5, 0.6) is 0 Å². The molecule has 0 saturated carbocycles. The van der Waals surface area contributed by atoms with Gasteiger partial charge < -0.3 is 0 Å². The van der Waals surface area contributed by atoms with Gasteiger partial charge in [-0.3, -0.25) is 5.43 Å². The molecule has 3 rings (SSSR count). The van der Waals surface area contributed by atoms with Crippen LogP contribution >= 0.6 is 23.1 Å². The number of aromatic nitrogens is 1. The van der Waals surface area contributed by atoms with E-state index in [0.29, 0.717) is 10.6 Å². The molecular formula is C15H9ClN4S. The Balaban J connectivity index is 1.87. The predicted octanol–water partition coefficient (Wildman–Crippen LogP) is 4.27. The van der Waals surface area contributed by atoms with Gasteiger partial charge in [-0.2, -0.15) is 14.7 Å². The van der Waals surface area contributed by atoms with E-state index in [0.717, 1.165) is 27.9 Å². The van der Waals surface area contributed by atoms with Gasteiger partial charge in [0.15, 0.2) is 5.15 Å². The SMILES string of the molecule is N#Cc1c(Cl)nsc1N/N=C\c1cccc2ccccc12. The van der Waals surface area contributed by atoms with Crippen molar-refractivity contribution in [3.63, 3.8) is 0 Å². The van der Waals surface area contributed by atoms with Gasteiger partial charge in [0.05, 0.1) is 6.21 Å². The summed E-state index contributed by atoms with van der Waals surface area (Å²) < 4.78 is 3.91. The first-order chi connectivity index (χ1) is 10.3. The largest absolute Gasteiger partial charge is 0.266 e. The minimum absolute atomic E-state index is 0.199. The highest BCUT2D eigenvalue weighted by atomic mass is 35.5. The lowest BCUT2D eigenvalue weighted by Gasteiger charge is -2.01. The number of nitriles is 1. The summed E-state index contributed by atoms with van der Waals surface area (Å²) >= 11 is 6.91. The molecule has 0 aliphatic rings. The lowest BCUT2D eigenvalue weighted by atomic mass is 10.1. The summed E-state index contributed by atoms with van der Waals surface area (Å²) in [4.78, 5) is 0. The number of hydrazone groups is 1. The van der Waals surface area contributed by atoms with Crippen LogP contribution < -0.4 is 5.43 Å². The van der Waals surface area contributed by atoms with E-state index in [1.807, 2.05) is 36.4 Å². The van der Waals surface area contributed by atoms with E-state index in [9.17, 15) is 0 Å². The van der Waals surface area contributed by atoms with Gasteiger partial charge >= 0.3 is 0 Å². The molecule has 1 heterocycles. The molecule has 21 heavy (non-hydrogen) atoms. The van der Waals surface area contributed by atoms with Crippen molar-refractivity contribution >= 4 is 45.1 Å². The fourth-order valence-electron chi connectivity index (χ4n) is 1.97. The predicted molar refractivity (Wildman–Crippen MR) is 87.0 cm³/mol. The molecule has 0 bridgehead atoms. The van der Waals surface area contributed by atoms with Crippen LogP contribution in [0, 0.1) is 11.3 Å². The van der Waals surface area contributed by atoms with Gasteiger partial charge in [-0.1, -0.05) is 54.1 Å². The van der Waals surface area contributed by atoms with Gasteiger partial charge in [-0.15, -0.1) is 0 Å². The van der Waals surface area contributed by atoms with Gasteiger partial charge in [-0.05, 0) is 22.3 Å². The second-order valence-electron chi connectivity index (χ2n) is 4.23. The third kappa shape index (κ3) is 2.72. The Kier molecular flexibility index (Phi) is 3.82. The molecule has 0 amide bonds. The molecule has 0 aliphatic heterocycles. The highest BCUT2D eigenvalue weighted by Crippen LogP contribution is 2.27.